The topological polar surface area (TPSA) is 65.0 Å². The molecule has 6 nitrogen and oxygen atoms in total. The molecule has 0 aromatic heterocycles. The Morgan fingerprint density at radius 1 is 1.24 bits per heavy atom. The molecule has 2 fully saturated rings. The Labute approximate surface area is 149 Å². The van der Waals surface area contributed by atoms with E-state index in [9.17, 15) is 9.90 Å². The normalized spacial score (nSPS) is 24.5. The standard InChI is InChI=1S/C19H29N3O3/c1-19(2,3)14-6-8-15(9-7-14)21-12-10-20-13-17(21)25-18(24)22-11-4-5-16(22)23/h6-9,16-17,20,23H,4-5,10-13H2,1-3H3/t16?,17-/m1/s1. The van der Waals surface area contributed by atoms with Crippen molar-refractivity contribution in [2.75, 3.05) is 31.1 Å². The number of nitrogens with zero attached hydrogens (tertiary/aromatic N) is 2. The SMILES string of the molecule is CC(C)(C)c1ccc(N2CCNC[C@H]2OC(=O)N2CCCC2O)cc1. The number of amides is 1. The number of carbonyl (C=O) groups is 1. The Morgan fingerprint density at radius 2 is 1.96 bits per heavy atom. The van der Waals surface area contributed by atoms with E-state index in [4.69, 9.17) is 4.74 Å². The second kappa shape index (κ2) is 7.22. The lowest BCUT2D eigenvalue weighted by atomic mass is 9.87. The van der Waals surface area contributed by atoms with Gasteiger partial charge in [-0.2, -0.15) is 0 Å². The number of aliphatic hydroxyl groups is 1. The third-order valence-electron chi connectivity index (χ3n) is 4.95. The molecule has 138 valence electrons. The zero-order chi connectivity index (χ0) is 18.0. The Bertz CT molecular complexity index is 597. The average molecular weight is 347 g/mol. The van der Waals surface area contributed by atoms with Crippen LogP contribution in [0, 0.1) is 0 Å². The number of piperazine rings is 1. The van der Waals surface area contributed by atoms with Gasteiger partial charge in [0.25, 0.3) is 0 Å². The van der Waals surface area contributed by atoms with Crippen molar-refractivity contribution in [1.29, 1.82) is 0 Å². The minimum atomic E-state index is -0.719. The van der Waals surface area contributed by atoms with Gasteiger partial charge in [0, 0.05) is 25.3 Å². The molecule has 1 aromatic carbocycles. The molecule has 2 aliphatic rings. The molecular formula is C19H29N3O3. The number of carbonyl (C=O) groups excluding carboxylic acids is 1. The first-order chi connectivity index (χ1) is 11.9. The van der Waals surface area contributed by atoms with Gasteiger partial charge in [-0.25, -0.2) is 4.79 Å². The van der Waals surface area contributed by atoms with Gasteiger partial charge in [-0.3, -0.25) is 4.90 Å². The van der Waals surface area contributed by atoms with Crippen LogP contribution in [0.3, 0.4) is 0 Å². The van der Waals surface area contributed by atoms with Gasteiger partial charge in [-0.15, -0.1) is 0 Å². The molecule has 0 saturated carbocycles. The van der Waals surface area contributed by atoms with E-state index in [1.807, 2.05) is 0 Å². The summed E-state index contributed by atoms with van der Waals surface area (Å²) >= 11 is 0. The maximum absolute atomic E-state index is 12.4. The van der Waals surface area contributed by atoms with Gasteiger partial charge in [0.1, 0.15) is 6.23 Å². The summed E-state index contributed by atoms with van der Waals surface area (Å²) in [6, 6.07) is 8.47. The Hall–Kier alpha value is -1.79. The molecule has 0 bridgehead atoms. The van der Waals surface area contributed by atoms with Crippen molar-refractivity contribution in [2.45, 2.75) is 51.5 Å². The number of likely N-dealkylation sites (tertiary alicyclic amines) is 1. The summed E-state index contributed by atoms with van der Waals surface area (Å²) in [5, 5.41) is 13.2. The molecule has 0 radical (unpaired) electrons. The first-order valence-corrected chi connectivity index (χ1v) is 9.09. The van der Waals surface area contributed by atoms with Crippen LogP contribution in [-0.4, -0.2) is 54.7 Å². The molecule has 6 heteroatoms. The average Bonchev–Trinajstić information content (AvgIpc) is 3.01. The number of hydrogen-bond donors (Lipinski definition) is 2. The van der Waals surface area contributed by atoms with Crippen LogP contribution >= 0.6 is 0 Å². The first-order valence-electron chi connectivity index (χ1n) is 9.09. The van der Waals surface area contributed by atoms with Crippen molar-refractivity contribution >= 4 is 11.8 Å². The molecule has 0 aliphatic carbocycles. The summed E-state index contributed by atoms with van der Waals surface area (Å²) in [6.07, 6.45) is -0.0826. The molecule has 2 heterocycles. The number of anilines is 1. The largest absolute Gasteiger partial charge is 0.424 e. The molecule has 2 saturated heterocycles. The number of nitrogens with one attached hydrogen (secondary N) is 1. The number of hydrogen-bond acceptors (Lipinski definition) is 5. The van der Waals surface area contributed by atoms with E-state index in [-0.39, 0.29) is 11.6 Å². The molecule has 0 spiro atoms. The van der Waals surface area contributed by atoms with Crippen LogP contribution < -0.4 is 10.2 Å². The maximum atomic E-state index is 12.4. The van der Waals surface area contributed by atoms with Crippen LogP contribution in [0.2, 0.25) is 0 Å². The second-order valence-electron chi connectivity index (χ2n) is 7.85. The van der Waals surface area contributed by atoms with E-state index >= 15 is 0 Å². The summed E-state index contributed by atoms with van der Waals surface area (Å²) in [4.78, 5) is 15.9. The minimum absolute atomic E-state index is 0.111. The number of rotatable bonds is 2. The zero-order valence-electron chi connectivity index (χ0n) is 15.4. The quantitative estimate of drug-likeness (QED) is 0.859. The first kappa shape index (κ1) is 18.0. The van der Waals surface area contributed by atoms with Crippen LogP contribution in [0.4, 0.5) is 10.5 Å². The van der Waals surface area contributed by atoms with E-state index < -0.39 is 12.3 Å². The van der Waals surface area contributed by atoms with E-state index in [1.54, 1.807) is 0 Å². The van der Waals surface area contributed by atoms with Crippen molar-refractivity contribution in [3.05, 3.63) is 29.8 Å². The number of aliphatic hydroxyl groups excluding tert-OH is 1. The molecule has 2 aliphatic heterocycles. The molecule has 1 unspecified atom stereocenters. The van der Waals surface area contributed by atoms with Crippen LogP contribution in [0.25, 0.3) is 0 Å². The summed E-state index contributed by atoms with van der Waals surface area (Å²) in [5.74, 6) is 0. The number of ether oxygens (including phenoxy) is 1. The van der Waals surface area contributed by atoms with E-state index in [2.05, 4.69) is 55.3 Å². The highest BCUT2D eigenvalue weighted by atomic mass is 16.6. The molecule has 1 aromatic rings. The predicted octanol–water partition coefficient (Wildman–Crippen LogP) is 2.27. The van der Waals surface area contributed by atoms with Gasteiger partial charge in [0.2, 0.25) is 0 Å². The summed E-state index contributed by atoms with van der Waals surface area (Å²) in [6.45, 7) is 9.34. The van der Waals surface area contributed by atoms with Crippen LogP contribution in [-0.2, 0) is 10.2 Å². The molecule has 1 amide bonds. The highest BCUT2D eigenvalue weighted by molar-refractivity contribution is 5.69. The van der Waals surface area contributed by atoms with Gasteiger partial charge in [0.05, 0.1) is 6.54 Å². The zero-order valence-corrected chi connectivity index (χ0v) is 15.4. The lowest BCUT2D eigenvalue weighted by molar-refractivity contribution is 0.00493. The maximum Gasteiger partial charge on any atom is 0.413 e. The van der Waals surface area contributed by atoms with Crippen molar-refractivity contribution in [2.24, 2.45) is 0 Å². The van der Waals surface area contributed by atoms with Gasteiger partial charge in [-0.05, 0) is 36.0 Å². The monoisotopic (exact) mass is 347 g/mol. The Balaban J connectivity index is 1.71. The summed E-state index contributed by atoms with van der Waals surface area (Å²) in [5.41, 5.74) is 2.44. The lowest BCUT2D eigenvalue weighted by Gasteiger charge is -2.38. The fourth-order valence-corrected chi connectivity index (χ4v) is 3.38. The summed E-state index contributed by atoms with van der Waals surface area (Å²) < 4.78 is 5.70. The second-order valence-corrected chi connectivity index (χ2v) is 7.85. The van der Waals surface area contributed by atoms with Crippen molar-refractivity contribution in [3.63, 3.8) is 0 Å². The van der Waals surface area contributed by atoms with Gasteiger partial charge < -0.3 is 20.1 Å². The fraction of sp³-hybridized carbons (Fsp3) is 0.632. The highest BCUT2D eigenvalue weighted by Crippen LogP contribution is 2.27. The third-order valence-corrected chi connectivity index (χ3v) is 4.95. The molecule has 2 N–H and O–H groups in total. The van der Waals surface area contributed by atoms with Crippen molar-refractivity contribution in [1.82, 2.24) is 10.2 Å². The van der Waals surface area contributed by atoms with Gasteiger partial charge >= 0.3 is 6.09 Å². The van der Waals surface area contributed by atoms with E-state index in [0.29, 0.717) is 19.5 Å². The van der Waals surface area contributed by atoms with E-state index in [0.717, 1.165) is 25.2 Å². The minimum Gasteiger partial charge on any atom is -0.424 e. The summed E-state index contributed by atoms with van der Waals surface area (Å²) in [7, 11) is 0. The Morgan fingerprint density at radius 3 is 2.56 bits per heavy atom. The third kappa shape index (κ3) is 4.07. The number of benzene rings is 1. The predicted molar refractivity (Wildman–Crippen MR) is 97.6 cm³/mol. The van der Waals surface area contributed by atoms with Crippen molar-refractivity contribution < 1.29 is 14.6 Å². The fourth-order valence-electron chi connectivity index (χ4n) is 3.38. The van der Waals surface area contributed by atoms with E-state index in [1.165, 1.54) is 10.5 Å². The molecule has 25 heavy (non-hydrogen) atoms. The highest BCUT2D eigenvalue weighted by Gasteiger charge is 2.32. The van der Waals surface area contributed by atoms with Gasteiger partial charge in [-0.1, -0.05) is 32.9 Å². The van der Waals surface area contributed by atoms with Crippen LogP contribution in [0.1, 0.15) is 39.2 Å². The smallest absolute Gasteiger partial charge is 0.413 e. The van der Waals surface area contributed by atoms with Gasteiger partial charge in [0.15, 0.2) is 6.23 Å². The molecule has 2 atom stereocenters. The van der Waals surface area contributed by atoms with Crippen molar-refractivity contribution in [3.8, 4) is 0 Å². The molecule has 3 rings (SSSR count). The molecular weight excluding hydrogens is 318 g/mol. The van der Waals surface area contributed by atoms with Crippen LogP contribution in [0.15, 0.2) is 24.3 Å². The Kier molecular flexibility index (Phi) is 5.20. The van der Waals surface area contributed by atoms with Crippen LogP contribution in [0.5, 0.6) is 0 Å². The lowest BCUT2D eigenvalue weighted by Crippen LogP contribution is -2.54.